The van der Waals surface area contributed by atoms with Gasteiger partial charge in [0.05, 0.1) is 18.8 Å². The molecule has 15 nitrogen and oxygen atoms in total. The smallest absolute Gasteiger partial charge is 0.326 e. The van der Waals surface area contributed by atoms with Gasteiger partial charge in [0, 0.05) is 31.3 Å². The zero-order valence-corrected chi connectivity index (χ0v) is 18.7. The average molecular weight is 496 g/mol. The molecule has 35 heavy (non-hydrogen) atoms. The third kappa shape index (κ3) is 8.06. The summed E-state index contributed by atoms with van der Waals surface area (Å²) in [5, 5.41) is 31.8. The summed E-state index contributed by atoms with van der Waals surface area (Å²) in [7, 11) is 0. The number of carboxylic acid groups (broad SMARTS) is 3. The van der Waals surface area contributed by atoms with E-state index in [9.17, 15) is 39.0 Å². The first-order valence-corrected chi connectivity index (χ1v) is 10.8. The molecule has 1 aromatic rings. The Morgan fingerprint density at radius 1 is 1.11 bits per heavy atom. The third-order valence-corrected chi connectivity index (χ3v) is 5.42. The molecule has 1 aliphatic rings. The first-order valence-electron chi connectivity index (χ1n) is 10.8. The number of carboxylic acids is 3. The van der Waals surface area contributed by atoms with Crippen LogP contribution in [0.15, 0.2) is 12.5 Å². The van der Waals surface area contributed by atoms with Gasteiger partial charge in [0.25, 0.3) is 0 Å². The highest BCUT2D eigenvalue weighted by Crippen LogP contribution is 2.20. The van der Waals surface area contributed by atoms with E-state index >= 15 is 0 Å². The van der Waals surface area contributed by atoms with Gasteiger partial charge >= 0.3 is 17.9 Å². The number of rotatable bonds is 13. The second kappa shape index (κ2) is 12.5. The summed E-state index contributed by atoms with van der Waals surface area (Å²) in [6.45, 7) is 0.0793. The van der Waals surface area contributed by atoms with Crippen molar-refractivity contribution in [3.63, 3.8) is 0 Å². The Morgan fingerprint density at radius 3 is 2.40 bits per heavy atom. The molecule has 2 rings (SSSR count). The molecule has 8 N–H and O–H groups in total. The topological polar surface area (TPSA) is 245 Å². The van der Waals surface area contributed by atoms with Crippen LogP contribution in [0.3, 0.4) is 0 Å². The number of nitrogens with zero attached hydrogens (tertiary/aromatic N) is 2. The number of hydrogen-bond acceptors (Lipinski definition) is 8. The van der Waals surface area contributed by atoms with Gasteiger partial charge in [-0.3, -0.25) is 24.0 Å². The van der Waals surface area contributed by atoms with Gasteiger partial charge in [0.2, 0.25) is 17.7 Å². The maximum atomic E-state index is 13.1. The Hall–Kier alpha value is -4.01. The summed E-state index contributed by atoms with van der Waals surface area (Å²) in [6, 6.07) is -5.21. The van der Waals surface area contributed by atoms with Crippen LogP contribution in [0.1, 0.15) is 37.8 Å². The maximum Gasteiger partial charge on any atom is 0.326 e. The molecule has 2 heterocycles. The number of aromatic amines is 1. The molecular weight excluding hydrogens is 468 g/mol. The van der Waals surface area contributed by atoms with Crippen LogP contribution in [0, 0.1) is 0 Å². The fraction of sp³-hybridized carbons (Fsp3) is 0.550. The highest BCUT2D eigenvalue weighted by atomic mass is 16.4. The minimum atomic E-state index is -1.51. The lowest BCUT2D eigenvalue weighted by atomic mass is 10.1. The molecule has 192 valence electrons. The Morgan fingerprint density at radius 2 is 1.83 bits per heavy atom. The second-order valence-corrected chi connectivity index (χ2v) is 8.07. The number of amides is 3. The molecular formula is C20H28N6O9. The van der Waals surface area contributed by atoms with Crippen LogP contribution < -0.4 is 16.4 Å². The van der Waals surface area contributed by atoms with Gasteiger partial charge in [0.15, 0.2) is 0 Å². The molecule has 1 saturated heterocycles. The minimum Gasteiger partial charge on any atom is -0.481 e. The SMILES string of the molecule is NC(Cc1cnc[nH]1)C(=O)NC(CC(=O)O)C(=O)N1CCCC1C(=O)NC(CCC(=O)O)C(=O)O. The first kappa shape index (κ1) is 27.2. The molecule has 1 aromatic heterocycles. The van der Waals surface area contributed by atoms with Crippen molar-refractivity contribution >= 4 is 35.6 Å². The van der Waals surface area contributed by atoms with Crippen LogP contribution in [-0.2, 0) is 35.2 Å². The lowest BCUT2D eigenvalue weighted by Crippen LogP contribution is -2.57. The van der Waals surface area contributed by atoms with Crippen LogP contribution in [0.5, 0.6) is 0 Å². The van der Waals surface area contributed by atoms with Gasteiger partial charge < -0.3 is 41.6 Å². The van der Waals surface area contributed by atoms with E-state index in [2.05, 4.69) is 20.6 Å². The number of aromatic nitrogens is 2. The van der Waals surface area contributed by atoms with Crippen LogP contribution in [0.2, 0.25) is 0 Å². The Labute approximate surface area is 199 Å². The Bertz CT molecular complexity index is 951. The van der Waals surface area contributed by atoms with Crippen molar-refractivity contribution < 1.29 is 44.1 Å². The van der Waals surface area contributed by atoms with Crippen molar-refractivity contribution in [3.8, 4) is 0 Å². The first-order chi connectivity index (χ1) is 16.5. The summed E-state index contributed by atoms with van der Waals surface area (Å²) >= 11 is 0. The summed E-state index contributed by atoms with van der Waals surface area (Å²) < 4.78 is 0. The highest BCUT2D eigenvalue weighted by Gasteiger charge is 2.39. The lowest BCUT2D eigenvalue weighted by Gasteiger charge is -2.29. The average Bonchev–Trinajstić information content (AvgIpc) is 3.46. The van der Waals surface area contributed by atoms with E-state index in [1.807, 2.05) is 0 Å². The number of imidazole rings is 1. The minimum absolute atomic E-state index is 0.0570. The lowest BCUT2D eigenvalue weighted by molar-refractivity contribution is -0.147. The number of aliphatic carboxylic acids is 3. The van der Waals surface area contributed by atoms with Crippen LogP contribution in [-0.4, -0.2) is 96.5 Å². The fourth-order valence-corrected chi connectivity index (χ4v) is 3.68. The molecule has 1 fully saturated rings. The molecule has 1 aliphatic heterocycles. The third-order valence-electron chi connectivity index (χ3n) is 5.42. The monoisotopic (exact) mass is 496 g/mol. The van der Waals surface area contributed by atoms with Gasteiger partial charge in [-0.2, -0.15) is 0 Å². The molecule has 3 amide bonds. The van der Waals surface area contributed by atoms with E-state index in [0.29, 0.717) is 12.1 Å². The number of carbonyl (C=O) groups is 6. The number of carbonyl (C=O) groups excluding carboxylic acids is 3. The van der Waals surface area contributed by atoms with Crippen molar-refractivity contribution in [1.29, 1.82) is 0 Å². The van der Waals surface area contributed by atoms with Crippen molar-refractivity contribution in [2.45, 2.75) is 62.7 Å². The van der Waals surface area contributed by atoms with Gasteiger partial charge in [-0.25, -0.2) is 9.78 Å². The molecule has 0 bridgehead atoms. The normalized spacial score (nSPS) is 17.7. The quantitative estimate of drug-likeness (QED) is 0.152. The molecule has 0 aliphatic carbocycles. The van der Waals surface area contributed by atoms with Crippen LogP contribution >= 0.6 is 0 Å². The van der Waals surface area contributed by atoms with E-state index in [4.69, 9.17) is 10.8 Å². The van der Waals surface area contributed by atoms with Crippen molar-refractivity contribution in [3.05, 3.63) is 18.2 Å². The standard InChI is InChI=1S/C20H28N6O9/c21-11(6-10-8-22-9-23-10)17(31)25-13(7-16(29)30)19(33)26-5-1-2-14(26)18(32)24-12(20(34)35)3-4-15(27)28/h8-9,11-14H,1-7,21H2,(H,22,23)(H,24,32)(H,25,31)(H,27,28)(H,29,30)(H,34,35). The van der Waals surface area contributed by atoms with Gasteiger partial charge in [-0.15, -0.1) is 0 Å². The Balaban J connectivity index is 2.09. The molecule has 15 heteroatoms. The predicted molar refractivity (Wildman–Crippen MR) is 116 cm³/mol. The summed E-state index contributed by atoms with van der Waals surface area (Å²) in [5.41, 5.74) is 6.41. The molecule has 0 radical (unpaired) electrons. The molecule has 0 saturated carbocycles. The molecule has 4 atom stereocenters. The van der Waals surface area contributed by atoms with Crippen molar-refractivity contribution in [1.82, 2.24) is 25.5 Å². The van der Waals surface area contributed by atoms with Gasteiger partial charge in [-0.05, 0) is 19.3 Å². The van der Waals surface area contributed by atoms with E-state index in [1.165, 1.54) is 12.5 Å². The molecule has 0 aromatic carbocycles. The summed E-state index contributed by atoms with van der Waals surface area (Å²) in [5.74, 6) is -6.46. The maximum absolute atomic E-state index is 13.1. The summed E-state index contributed by atoms with van der Waals surface area (Å²) in [6.07, 6.45) is 1.86. The van der Waals surface area contributed by atoms with Crippen LogP contribution in [0.25, 0.3) is 0 Å². The van der Waals surface area contributed by atoms with E-state index in [1.54, 1.807) is 0 Å². The zero-order valence-electron chi connectivity index (χ0n) is 18.7. The number of nitrogens with two attached hydrogens (primary N) is 1. The zero-order chi connectivity index (χ0) is 26.1. The van der Waals surface area contributed by atoms with E-state index in [-0.39, 0.29) is 25.8 Å². The molecule has 0 spiro atoms. The Kier molecular flexibility index (Phi) is 9.69. The largest absolute Gasteiger partial charge is 0.481 e. The number of hydrogen-bond donors (Lipinski definition) is 7. The van der Waals surface area contributed by atoms with Gasteiger partial charge in [0.1, 0.15) is 18.1 Å². The van der Waals surface area contributed by atoms with E-state index in [0.717, 1.165) is 4.90 Å². The highest BCUT2D eigenvalue weighted by molar-refractivity contribution is 5.96. The van der Waals surface area contributed by atoms with E-state index < -0.39 is 72.6 Å². The number of likely N-dealkylation sites (tertiary alicyclic amines) is 1. The molecule has 4 unspecified atom stereocenters. The summed E-state index contributed by atoms with van der Waals surface area (Å²) in [4.78, 5) is 79.5. The predicted octanol–water partition coefficient (Wildman–Crippen LogP) is -2.34. The fourth-order valence-electron chi connectivity index (χ4n) is 3.68. The number of nitrogens with one attached hydrogen (secondary N) is 3. The second-order valence-electron chi connectivity index (χ2n) is 8.07. The van der Waals surface area contributed by atoms with Crippen molar-refractivity contribution in [2.24, 2.45) is 5.73 Å². The van der Waals surface area contributed by atoms with Crippen molar-refractivity contribution in [2.75, 3.05) is 6.54 Å². The van der Waals surface area contributed by atoms with Crippen LogP contribution in [0.4, 0.5) is 0 Å². The van der Waals surface area contributed by atoms with Gasteiger partial charge in [-0.1, -0.05) is 0 Å². The number of H-pyrrole nitrogens is 1.